The number of anilines is 3. The van der Waals surface area contributed by atoms with Crippen molar-refractivity contribution in [2.75, 3.05) is 61.6 Å². The molecule has 1 fully saturated rings. The standard InChI is InChI=1S/C22H27N7O/c1-4-30-18-7-5-17(6-8-18)19-9-10-20(26-25-19)28-11-13-29(14-12-28)22-15-21(27(2)3)23-16-24-22/h5-10,15-16H,4,11-14H2,1-3H3. The molecule has 0 spiro atoms. The molecule has 0 bridgehead atoms. The average molecular weight is 406 g/mol. The first-order chi connectivity index (χ1) is 14.6. The Labute approximate surface area is 177 Å². The van der Waals surface area contributed by atoms with Gasteiger partial charge in [-0.1, -0.05) is 0 Å². The van der Waals surface area contributed by atoms with Crippen molar-refractivity contribution in [2.24, 2.45) is 0 Å². The molecule has 1 aliphatic rings. The van der Waals surface area contributed by atoms with Gasteiger partial charge in [0.2, 0.25) is 0 Å². The molecule has 1 aliphatic heterocycles. The molecule has 0 amide bonds. The summed E-state index contributed by atoms with van der Waals surface area (Å²) in [7, 11) is 3.97. The van der Waals surface area contributed by atoms with Crippen LogP contribution >= 0.6 is 0 Å². The molecule has 3 aromatic rings. The van der Waals surface area contributed by atoms with Crippen LogP contribution in [0.3, 0.4) is 0 Å². The molecule has 0 saturated carbocycles. The average Bonchev–Trinajstić information content (AvgIpc) is 2.80. The molecule has 0 atom stereocenters. The summed E-state index contributed by atoms with van der Waals surface area (Å²) in [6.07, 6.45) is 1.63. The lowest BCUT2D eigenvalue weighted by atomic mass is 10.1. The van der Waals surface area contributed by atoms with E-state index < -0.39 is 0 Å². The lowest BCUT2D eigenvalue weighted by molar-refractivity contribution is 0.340. The molecule has 8 heteroatoms. The Kier molecular flexibility index (Phi) is 5.92. The first-order valence-corrected chi connectivity index (χ1v) is 10.2. The predicted octanol–water partition coefficient (Wildman–Crippen LogP) is 2.72. The van der Waals surface area contributed by atoms with Gasteiger partial charge in [-0.05, 0) is 43.3 Å². The Morgan fingerprint density at radius 3 is 2.17 bits per heavy atom. The highest BCUT2D eigenvalue weighted by Crippen LogP contribution is 2.23. The second-order valence-electron chi connectivity index (χ2n) is 7.34. The van der Waals surface area contributed by atoms with Crippen LogP contribution in [0.2, 0.25) is 0 Å². The minimum atomic E-state index is 0.662. The number of rotatable bonds is 6. The number of piperazine rings is 1. The topological polar surface area (TPSA) is 70.5 Å². The molecule has 4 rings (SSSR count). The Balaban J connectivity index is 1.38. The van der Waals surface area contributed by atoms with E-state index in [-0.39, 0.29) is 0 Å². The Hall–Kier alpha value is -3.42. The lowest BCUT2D eigenvalue weighted by Gasteiger charge is -2.36. The fourth-order valence-corrected chi connectivity index (χ4v) is 3.46. The van der Waals surface area contributed by atoms with E-state index in [0.29, 0.717) is 6.61 Å². The van der Waals surface area contributed by atoms with E-state index in [0.717, 1.165) is 60.6 Å². The highest BCUT2D eigenvalue weighted by Gasteiger charge is 2.20. The second kappa shape index (κ2) is 8.94. The van der Waals surface area contributed by atoms with Crippen LogP contribution in [0.15, 0.2) is 48.8 Å². The Bertz CT molecular complexity index is 952. The van der Waals surface area contributed by atoms with E-state index in [1.54, 1.807) is 6.33 Å². The monoisotopic (exact) mass is 405 g/mol. The summed E-state index contributed by atoms with van der Waals surface area (Å²) in [6.45, 7) is 6.15. The van der Waals surface area contributed by atoms with E-state index in [4.69, 9.17) is 4.74 Å². The molecule has 0 unspecified atom stereocenters. The molecule has 30 heavy (non-hydrogen) atoms. The third-order valence-corrected chi connectivity index (χ3v) is 5.14. The van der Waals surface area contributed by atoms with Crippen LogP contribution in [0.1, 0.15) is 6.92 Å². The fourth-order valence-electron chi connectivity index (χ4n) is 3.46. The first kappa shape index (κ1) is 19.9. The fraction of sp³-hybridized carbons (Fsp3) is 0.364. The normalized spacial score (nSPS) is 14.0. The van der Waals surface area contributed by atoms with Gasteiger partial charge in [0.25, 0.3) is 0 Å². The van der Waals surface area contributed by atoms with Gasteiger partial charge in [-0.2, -0.15) is 0 Å². The van der Waals surface area contributed by atoms with Gasteiger partial charge in [0, 0.05) is 51.9 Å². The van der Waals surface area contributed by atoms with Gasteiger partial charge in [0.1, 0.15) is 23.7 Å². The van der Waals surface area contributed by atoms with Crippen molar-refractivity contribution < 1.29 is 4.74 Å². The van der Waals surface area contributed by atoms with Crippen LogP contribution in [-0.2, 0) is 0 Å². The van der Waals surface area contributed by atoms with Gasteiger partial charge in [-0.25, -0.2) is 9.97 Å². The summed E-state index contributed by atoms with van der Waals surface area (Å²) < 4.78 is 5.50. The number of benzene rings is 1. The third kappa shape index (κ3) is 4.42. The molecular formula is C22H27N7O. The summed E-state index contributed by atoms with van der Waals surface area (Å²) in [4.78, 5) is 15.3. The summed E-state index contributed by atoms with van der Waals surface area (Å²) in [5.41, 5.74) is 1.89. The van der Waals surface area contributed by atoms with Crippen LogP contribution in [0.4, 0.5) is 17.5 Å². The molecule has 3 heterocycles. The zero-order valence-corrected chi connectivity index (χ0v) is 17.7. The summed E-state index contributed by atoms with van der Waals surface area (Å²) in [5.74, 6) is 3.65. The van der Waals surface area contributed by atoms with E-state index in [2.05, 4.69) is 30.0 Å². The lowest BCUT2D eigenvalue weighted by Crippen LogP contribution is -2.47. The van der Waals surface area contributed by atoms with Crippen LogP contribution in [0, 0.1) is 0 Å². The minimum absolute atomic E-state index is 0.662. The second-order valence-corrected chi connectivity index (χ2v) is 7.34. The van der Waals surface area contributed by atoms with Crippen molar-refractivity contribution in [3.05, 3.63) is 48.8 Å². The summed E-state index contributed by atoms with van der Waals surface area (Å²) in [5, 5.41) is 8.90. The van der Waals surface area contributed by atoms with Gasteiger partial charge in [0.15, 0.2) is 5.82 Å². The summed E-state index contributed by atoms with van der Waals surface area (Å²) >= 11 is 0. The van der Waals surface area contributed by atoms with Crippen LogP contribution < -0.4 is 19.4 Å². The SMILES string of the molecule is CCOc1ccc(-c2ccc(N3CCN(c4cc(N(C)C)ncn4)CC3)nn2)cc1. The molecular weight excluding hydrogens is 378 g/mol. The molecule has 8 nitrogen and oxygen atoms in total. The van der Waals surface area contributed by atoms with E-state index in [1.165, 1.54) is 0 Å². The van der Waals surface area contributed by atoms with Crippen molar-refractivity contribution in [1.82, 2.24) is 20.2 Å². The largest absolute Gasteiger partial charge is 0.494 e. The van der Waals surface area contributed by atoms with Crippen LogP contribution in [0.25, 0.3) is 11.3 Å². The number of ether oxygens (including phenoxy) is 1. The molecule has 1 saturated heterocycles. The highest BCUT2D eigenvalue weighted by atomic mass is 16.5. The Morgan fingerprint density at radius 1 is 0.867 bits per heavy atom. The number of hydrogen-bond donors (Lipinski definition) is 0. The quantitative estimate of drug-likeness (QED) is 0.620. The molecule has 0 radical (unpaired) electrons. The molecule has 156 valence electrons. The van der Waals surface area contributed by atoms with Crippen molar-refractivity contribution in [2.45, 2.75) is 6.92 Å². The van der Waals surface area contributed by atoms with Gasteiger partial charge in [-0.3, -0.25) is 0 Å². The highest BCUT2D eigenvalue weighted by molar-refractivity contribution is 5.61. The maximum atomic E-state index is 5.50. The van der Waals surface area contributed by atoms with Gasteiger partial charge in [-0.15, -0.1) is 10.2 Å². The maximum absolute atomic E-state index is 5.50. The van der Waals surface area contributed by atoms with Crippen LogP contribution in [-0.4, -0.2) is 67.0 Å². The first-order valence-electron chi connectivity index (χ1n) is 10.2. The minimum Gasteiger partial charge on any atom is -0.494 e. The smallest absolute Gasteiger partial charge is 0.151 e. The van der Waals surface area contributed by atoms with Crippen molar-refractivity contribution in [3.63, 3.8) is 0 Å². The van der Waals surface area contributed by atoms with Gasteiger partial charge in [0.05, 0.1) is 12.3 Å². The number of nitrogens with zero attached hydrogens (tertiary/aromatic N) is 7. The van der Waals surface area contributed by atoms with Crippen molar-refractivity contribution in [1.29, 1.82) is 0 Å². The Morgan fingerprint density at radius 2 is 1.57 bits per heavy atom. The molecule has 0 N–H and O–H groups in total. The maximum Gasteiger partial charge on any atom is 0.151 e. The van der Waals surface area contributed by atoms with Crippen molar-refractivity contribution >= 4 is 17.5 Å². The molecule has 0 aliphatic carbocycles. The number of hydrogen-bond acceptors (Lipinski definition) is 8. The van der Waals surface area contributed by atoms with E-state index >= 15 is 0 Å². The zero-order valence-electron chi connectivity index (χ0n) is 17.7. The summed E-state index contributed by atoms with van der Waals surface area (Å²) in [6, 6.07) is 14.0. The van der Waals surface area contributed by atoms with Crippen molar-refractivity contribution in [3.8, 4) is 17.0 Å². The zero-order chi connectivity index (χ0) is 20.9. The van der Waals surface area contributed by atoms with Crippen LogP contribution in [0.5, 0.6) is 5.75 Å². The molecule has 1 aromatic carbocycles. The van der Waals surface area contributed by atoms with Gasteiger partial charge >= 0.3 is 0 Å². The molecule has 2 aromatic heterocycles. The van der Waals surface area contributed by atoms with E-state index in [1.807, 2.05) is 68.4 Å². The van der Waals surface area contributed by atoms with E-state index in [9.17, 15) is 0 Å². The third-order valence-electron chi connectivity index (χ3n) is 5.14. The van der Waals surface area contributed by atoms with Gasteiger partial charge < -0.3 is 19.4 Å². The number of aromatic nitrogens is 4. The predicted molar refractivity (Wildman–Crippen MR) is 119 cm³/mol.